The minimum absolute atomic E-state index is 0.615. The molecule has 0 radical (unpaired) electrons. The summed E-state index contributed by atoms with van der Waals surface area (Å²) in [5.74, 6) is -0.615. The molecule has 0 fully saturated rings. The maximum atomic E-state index is 11.1. The van der Waals surface area contributed by atoms with Gasteiger partial charge in [-0.15, -0.1) is 0 Å². The third kappa shape index (κ3) is 3.10. The zero-order valence-corrected chi connectivity index (χ0v) is 15.4. The van der Waals surface area contributed by atoms with Crippen LogP contribution in [0.2, 0.25) is 0 Å². The summed E-state index contributed by atoms with van der Waals surface area (Å²) in [5.41, 5.74) is 3.45. The van der Waals surface area contributed by atoms with Crippen molar-refractivity contribution >= 4 is 21.8 Å². The molecule has 0 aliphatic carbocycles. The highest BCUT2D eigenvalue weighted by atomic mass is 16.4. The number of benzene rings is 2. The van der Waals surface area contributed by atoms with E-state index in [1.165, 1.54) is 6.92 Å². The van der Waals surface area contributed by atoms with Gasteiger partial charge in [-0.1, -0.05) is 36.4 Å². The summed E-state index contributed by atoms with van der Waals surface area (Å²) >= 11 is 0. The van der Waals surface area contributed by atoms with E-state index in [4.69, 9.17) is 0 Å². The van der Waals surface area contributed by atoms with Crippen LogP contribution in [0.5, 0.6) is 0 Å². The van der Waals surface area contributed by atoms with E-state index in [0.29, 0.717) is 0 Å². The third-order valence-electron chi connectivity index (χ3n) is 5.45. The van der Waals surface area contributed by atoms with Gasteiger partial charge in [0.2, 0.25) is 0 Å². The largest absolute Gasteiger partial charge is 0.391 e. The number of aliphatic hydroxyl groups is 4. The smallest absolute Gasteiger partial charge is 0.109 e. The van der Waals surface area contributed by atoms with E-state index in [-0.39, 0.29) is 0 Å². The van der Waals surface area contributed by atoms with Crippen molar-refractivity contribution in [2.24, 2.45) is 0 Å². The predicted molar refractivity (Wildman–Crippen MR) is 108 cm³/mol. The van der Waals surface area contributed by atoms with Gasteiger partial charge in [0.1, 0.15) is 12.2 Å². The molecule has 146 valence electrons. The maximum absolute atomic E-state index is 11.1. The van der Waals surface area contributed by atoms with Gasteiger partial charge in [-0.2, -0.15) is 0 Å². The maximum Gasteiger partial charge on any atom is 0.109 e. The molecule has 6 heteroatoms. The topological polar surface area (TPSA) is 112 Å². The summed E-state index contributed by atoms with van der Waals surface area (Å²) in [6.07, 6.45) is -1.84. The van der Waals surface area contributed by atoms with Gasteiger partial charge in [-0.05, 0) is 30.2 Å². The van der Waals surface area contributed by atoms with Crippen LogP contribution in [0.1, 0.15) is 24.0 Å². The van der Waals surface area contributed by atoms with Gasteiger partial charge in [0.25, 0.3) is 0 Å². The fraction of sp³-hybridized carbons (Fsp3) is 0.273. The number of H-pyrrole nitrogens is 2. The van der Waals surface area contributed by atoms with Crippen molar-refractivity contribution in [2.45, 2.75) is 37.3 Å². The molecule has 0 saturated carbocycles. The van der Waals surface area contributed by atoms with Gasteiger partial charge in [-0.25, -0.2) is 0 Å². The fourth-order valence-electron chi connectivity index (χ4n) is 3.92. The third-order valence-corrected chi connectivity index (χ3v) is 5.45. The van der Waals surface area contributed by atoms with E-state index in [2.05, 4.69) is 9.97 Å². The summed E-state index contributed by atoms with van der Waals surface area (Å²) in [5, 5.41) is 43.4. The number of rotatable bonds is 6. The Morgan fingerprint density at radius 3 is 1.57 bits per heavy atom. The average molecular weight is 380 g/mol. The monoisotopic (exact) mass is 380 g/mol. The molecule has 2 aromatic heterocycles. The molecule has 0 aliphatic rings. The summed E-state index contributed by atoms with van der Waals surface area (Å²) in [6.45, 7) is 1.38. The first kappa shape index (κ1) is 18.7. The molecule has 6 nitrogen and oxygen atoms in total. The van der Waals surface area contributed by atoms with E-state index in [0.717, 1.165) is 32.9 Å². The molecule has 4 rings (SSSR count). The quantitative estimate of drug-likeness (QED) is 0.308. The number of aromatic amines is 2. The van der Waals surface area contributed by atoms with Crippen LogP contribution < -0.4 is 0 Å². The lowest BCUT2D eigenvalue weighted by atomic mass is 9.82. The first-order valence-electron chi connectivity index (χ1n) is 9.33. The summed E-state index contributed by atoms with van der Waals surface area (Å²) in [4.78, 5) is 6.42. The van der Waals surface area contributed by atoms with Crippen molar-refractivity contribution in [1.82, 2.24) is 9.97 Å². The Bertz CT molecular complexity index is 1010. The van der Waals surface area contributed by atoms with Crippen molar-refractivity contribution in [1.29, 1.82) is 0 Å². The first-order valence-corrected chi connectivity index (χ1v) is 9.33. The molecule has 2 aromatic carbocycles. The lowest BCUT2D eigenvalue weighted by molar-refractivity contribution is -0.103. The highest BCUT2D eigenvalue weighted by molar-refractivity contribution is 5.88. The number of aromatic nitrogens is 2. The van der Waals surface area contributed by atoms with E-state index in [1.807, 2.05) is 60.9 Å². The van der Waals surface area contributed by atoms with E-state index in [1.54, 1.807) is 0 Å². The Hall–Kier alpha value is -2.64. The van der Waals surface area contributed by atoms with Crippen LogP contribution in [0, 0.1) is 0 Å². The standard InChI is InChI=1S/C22H24N2O4/c1-12(25)20(26)22(28)21(27)19(15-10-23-17-8-4-2-6-13(15)17)16-11-24-18-9-5-3-7-14(16)18/h2-12,19-28H,1H3/t12-,20+,21+,22+/m0/s1. The molecule has 0 aliphatic heterocycles. The lowest BCUT2D eigenvalue weighted by Crippen LogP contribution is -2.46. The van der Waals surface area contributed by atoms with Crippen molar-refractivity contribution in [3.63, 3.8) is 0 Å². The van der Waals surface area contributed by atoms with Gasteiger partial charge in [0, 0.05) is 40.1 Å². The molecule has 2 heterocycles. The zero-order valence-electron chi connectivity index (χ0n) is 15.4. The van der Waals surface area contributed by atoms with Crippen LogP contribution >= 0.6 is 0 Å². The Balaban J connectivity index is 1.88. The number of hydrogen-bond donors (Lipinski definition) is 6. The second kappa shape index (κ2) is 7.41. The lowest BCUT2D eigenvalue weighted by Gasteiger charge is -2.30. The number of aliphatic hydroxyl groups excluding tert-OH is 4. The second-order valence-electron chi connectivity index (χ2n) is 7.27. The van der Waals surface area contributed by atoms with Gasteiger partial charge in [0.15, 0.2) is 0 Å². The molecule has 0 unspecified atom stereocenters. The second-order valence-corrected chi connectivity index (χ2v) is 7.27. The molecular formula is C22H24N2O4. The molecule has 0 spiro atoms. The average Bonchev–Trinajstić information content (AvgIpc) is 3.32. The van der Waals surface area contributed by atoms with Gasteiger partial charge in [0.05, 0.1) is 12.2 Å². The first-order chi connectivity index (χ1) is 13.5. The number of para-hydroxylation sites is 2. The molecular weight excluding hydrogens is 356 g/mol. The molecule has 4 aromatic rings. The van der Waals surface area contributed by atoms with Crippen LogP contribution in [0.15, 0.2) is 60.9 Å². The highest BCUT2D eigenvalue weighted by Crippen LogP contribution is 2.38. The van der Waals surface area contributed by atoms with Crippen molar-refractivity contribution in [2.75, 3.05) is 0 Å². The Morgan fingerprint density at radius 1 is 0.643 bits per heavy atom. The van der Waals surface area contributed by atoms with Crippen molar-refractivity contribution in [3.05, 3.63) is 72.1 Å². The summed E-state index contributed by atoms with van der Waals surface area (Å²) in [7, 11) is 0. The minimum Gasteiger partial charge on any atom is -0.391 e. The fourth-order valence-corrected chi connectivity index (χ4v) is 3.92. The zero-order chi connectivity index (χ0) is 19.8. The number of nitrogens with one attached hydrogen (secondary N) is 2. The van der Waals surface area contributed by atoms with Crippen LogP contribution in [0.4, 0.5) is 0 Å². The normalized spacial score (nSPS) is 16.5. The van der Waals surface area contributed by atoms with Crippen LogP contribution in [0.3, 0.4) is 0 Å². The number of fused-ring (bicyclic) bond motifs is 2. The molecule has 28 heavy (non-hydrogen) atoms. The minimum atomic E-state index is -1.52. The molecule has 0 bridgehead atoms. The Morgan fingerprint density at radius 2 is 1.11 bits per heavy atom. The molecule has 6 N–H and O–H groups in total. The van der Waals surface area contributed by atoms with Crippen LogP contribution in [-0.4, -0.2) is 54.8 Å². The van der Waals surface area contributed by atoms with Gasteiger partial charge >= 0.3 is 0 Å². The molecule has 0 amide bonds. The van der Waals surface area contributed by atoms with Crippen molar-refractivity contribution < 1.29 is 20.4 Å². The Labute approximate surface area is 162 Å². The Kier molecular flexibility index (Phi) is 4.95. The van der Waals surface area contributed by atoms with E-state index >= 15 is 0 Å². The SMILES string of the molecule is C[C@H](O)[C@@H](O)[C@@H](O)[C@H](O)C(c1c[nH]c2ccccc12)c1c[nH]c2ccccc12. The molecule has 4 atom stereocenters. The summed E-state index contributed by atoms with van der Waals surface area (Å²) < 4.78 is 0. The predicted octanol–water partition coefficient (Wildman–Crippen LogP) is 2.24. The van der Waals surface area contributed by atoms with Gasteiger partial charge < -0.3 is 30.4 Å². The van der Waals surface area contributed by atoms with E-state index in [9.17, 15) is 20.4 Å². The highest BCUT2D eigenvalue weighted by Gasteiger charge is 2.37. The van der Waals surface area contributed by atoms with Crippen LogP contribution in [0.25, 0.3) is 21.8 Å². The summed E-state index contributed by atoms with van der Waals surface area (Å²) in [6, 6.07) is 15.5. The van der Waals surface area contributed by atoms with Crippen LogP contribution in [-0.2, 0) is 0 Å². The number of hydrogen-bond acceptors (Lipinski definition) is 4. The van der Waals surface area contributed by atoms with E-state index < -0.39 is 30.3 Å². The van der Waals surface area contributed by atoms with Gasteiger partial charge in [-0.3, -0.25) is 0 Å². The molecule has 0 saturated heterocycles. The van der Waals surface area contributed by atoms with Crippen molar-refractivity contribution in [3.8, 4) is 0 Å².